The highest BCUT2D eigenvalue weighted by molar-refractivity contribution is 9.10. The second-order valence-corrected chi connectivity index (χ2v) is 5.20. The van der Waals surface area contributed by atoms with Gasteiger partial charge in [-0.2, -0.15) is 0 Å². The summed E-state index contributed by atoms with van der Waals surface area (Å²) in [4.78, 5) is 16.4. The molecule has 0 spiro atoms. The fraction of sp³-hybridized carbons (Fsp3) is 0.333. The maximum Gasteiger partial charge on any atom is 0.276 e. The van der Waals surface area contributed by atoms with Crippen LogP contribution in [0.3, 0.4) is 0 Å². The first-order chi connectivity index (χ1) is 8.00. The van der Waals surface area contributed by atoms with Crippen LogP contribution < -0.4 is 5.56 Å². The van der Waals surface area contributed by atoms with Gasteiger partial charge in [-0.15, -0.1) is 0 Å². The molecule has 0 aromatic carbocycles. The van der Waals surface area contributed by atoms with E-state index in [0.29, 0.717) is 5.82 Å². The second-order valence-electron chi connectivity index (χ2n) is 4.28. The number of nitrogens with zero attached hydrogens (tertiary/aromatic N) is 2. The maximum absolute atomic E-state index is 12.2. The molecule has 2 aromatic rings. The van der Waals surface area contributed by atoms with Crippen molar-refractivity contribution in [2.75, 3.05) is 0 Å². The van der Waals surface area contributed by atoms with Crippen LogP contribution in [0.4, 0.5) is 0 Å². The zero-order chi connectivity index (χ0) is 12.6. The molecule has 4 nitrogen and oxygen atoms in total. The van der Waals surface area contributed by atoms with E-state index in [-0.39, 0.29) is 11.5 Å². The summed E-state index contributed by atoms with van der Waals surface area (Å²) in [5.74, 6) is 0.809. The minimum Gasteiger partial charge on any atom is -0.294 e. The predicted molar refractivity (Wildman–Crippen MR) is 70.7 cm³/mol. The minimum absolute atomic E-state index is 0.0210. The number of aromatic amines is 1. The van der Waals surface area contributed by atoms with Gasteiger partial charge in [-0.3, -0.25) is 9.89 Å². The molecule has 2 rings (SSSR count). The highest BCUT2D eigenvalue weighted by Gasteiger charge is 2.15. The molecule has 0 aliphatic carbocycles. The lowest BCUT2D eigenvalue weighted by atomic mass is 10.1. The van der Waals surface area contributed by atoms with Gasteiger partial charge in [-0.25, -0.2) is 9.67 Å². The molecule has 0 aliphatic rings. The van der Waals surface area contributed by atoms with E-state index < -0.39 is 0 Å². The fourth-order valence-electron chi connectivity index (χ4n) is 1.90. The number of nitrogens with one attached hydrogen (secondary N) is 1. The van der Waals surface area contributed by atoms with E-state index in [9.17, 15) is 4.79 Å². The molecule has 0 amide bonds. The first-order valence-electron chi connectivity index (χ1n) is 5.44. The Morgan fingerprint density at radius 2 is 2.12 bits per heavy atom. The Balaban J connectivity index is 2.58. The third kappa shape index (κ3) is 2.20. The van der Waals surface area contributed by atoms with Gasteiger partial charge in [0, 0.05) is 21.9 Å². The van der Waals surface area contributed by atoms with Crippen molar-refractivity contribution in [2.45, 2.75) is 26.7 Å². The van der Waals surface area contributed by atoms with Crippen molar-refractivity contribution in [3.8, 4) is 5.82 Å². The van der Waals surface area contributed by atoms with Crippen LogP contribution >= 0.6 is 15.9 Å². The topological polar surface area (TPSA) is 50.7 Å². The predicted octanol–water partition coefficient (Wildman–Crippen LogP) is 2.75. The van der Waals surface area contributed by atoms with Crippen LogP contribution in [0.1, 0.15) is 31.0 Å². The van der Waals surface area contributed by atoms with Crippen molar-refractivity contribution in [3.63, 3.8) is 0 Å². The molecule has 0 radical (unpaired) electrons. The van der Waals surface area contributed by atoms with Crippen molar-refractivity contribution >= 4 is 15.9 Å². The zero-order valence-electron chi connectivity index (χ0n) is 9.99. The van der Waals surface area contributed by atoms with Crippen molar-refractivity contribution in [3.05, 3.63) is 44.4 Å². The lowest BCUT2D eigenvalue weighted by Gasteiger charge is -2.00. The molecule has 5 heteroatoms. The summed E-state index contributed by atoms with van der Waals surface area (Å²) in [6.45, 7) is 5.93. The molecule has 2 aromatic heterocycles. The molecule has 0 saturated carbocycles. The number of rotatable bonds is 2. The molecule has 0 aliphatic heterocycles. The highest BCUT2D eigenvalue weighted by atomic mass is 79.9. The Morgan fingerprint density at radius 1 is 1.41 bits per heavy atom. The Morgan fingerprint density at radius 3 is 2.59 bits per heavy atom. The lowest BCUT2D eigenvalue weighted by Crippen LogP contribution is -2.18. The summed E-state index contributed by atoms with van der Waals surface area (Å²) < 4.78 is 2.37. The number of aryl methyl sites for hydroxylation is 1. The van der Waals surface area contributed by atoms with Gasteiger partial charge in [0.25, 0.3) is 5.56 Å². The van der Waals surface area contributed by atoms with E-state index in [0.717, 1.165) is 15.7 Å². The zero-order valence-corrected chi connectivity index (χ0v) is 11.6. The van der Waals surface area contributed by atoms with Crippen LogP contribution in [0, 0.1) is 6.92 Å². The monoisotopic (exact) mass is 295 g/mol. The number of aromatic nitrogens is 3. The Kier molecular flexibility index (Phi) is 3.19. The molecule has 0 atom stereocenters. The highest BCUT2D eigenvalue weighted by Crippen LogP contribution is 2.15. The Labute approximate surface area is 108 Å². The SMILES string of the molecule is Cc1[nH]n(-c2ccc(Br)cn2)c(=O)c1C(C)C. The van der Waals surface area contributed by atoms with Gasteiger partial charge in [0.15, 0.2) is 5.82 Å². The van der Waals surface area contributed by atoms with Crippen molar-refractivity contribution in [2.24, 2.45) is 0 Å². The van der Waals surface area contributed by atoms with Crippen LogP contribution in [0.5, 0.6) is 0 Å². The van der Waals surface area contributed by atoms with E-state index >= 15 is 0 Å². The summed E-state index contributed by atoms with van der Waals surface area (Å²) in [5.41, 5.74) is 1.69. The van der Waals surface area contributed by atoms with Crippen molar-refractivity contribution in [1.82, 2.24) is 14.8 Å². The van der Waals surface area contributed by atoms with Gasteiger partial charge >= 0.3 is 0 Å². The molecule has 0 fully saturated rings. The van der Waals surface area contributed by atoms with Gasteiger partial charge in [-0.05, 0) is 40.9 Å². The average Bonchev–Trinajstić information content (AvgIpc) is 2.55. The van der Waals surface area contributed by atoms with Gasteiger partial charge in [0.05, 0.1) is 0 Å². The number of hydrogen-bond acceptors (Lipinski definition) is 2. The summed E-state index contributed by atoms with van der Waals surface area (Å²) in [6, 6.07) is 3.66. The van der Waals surface area contributed by atoms with Crippen molar-refractivity contribution < 1.29 is 0 Å². The number of halogens is 1. The summed E-state index contributed by atoms with van der Waals surface area (Å²) >= 11 is 3.32. The normalized spacial score (nSPS) is 11.1. The molecule has 1 N–H and O–H groups in total. The Bertz CT molecular complexity index is 581. The van der Waals surface area contributed by atoms with Gasteiger partial charge in [0.2, 0.25) is 0 Å². The first kappa shape index (κ1) is 12.1. The van der Waals surface area contributed by atoms with Crippen LogP contribution in [0.2, 0.25) is 0 Å². The van der Waals surface area contributed by atoms with Gasteiger partial charge in [0.1, 0.15) is 0 Å². The molecule has 90 valence electrons. The molecular formula is C12H14BrN3O. The lowest BCUT2D eigenvalue weighted by molar-refractivity contribution is 0.800. The largest absolute Gasteiger partial charge is 0.294 e. The quantitative estimate of drug-likeness (QED) is 0.926. The van der Waals surface area contributed by atoms with E-state index in [1.165, 1.54) is 4.68 Å². The molecule has 0 unspecified atom stereocenters. The standard InChI is InChI=1S/C12H14BrN3O/c1-7(2)11-8(3)15-16(12(11)17)10-5-4-9(13)6-14-10/h4-7,15H,1-3H3. The molecule has 0 bridgehead atoms. The van der Waals surface area contributed by atoms with Crippen LogP contribution in [0.15, 0.2) is 27.6 Å². The third-order valence-corrected chi connectivity index (χ3v) is 3.10. The van der Waals surface area contributed by atoms with Crippen LogP contribution in [0.25, 0.3) is 5.82 Å². The number of H-pyrrole nitrogens is 1. The third-order valence-electron chi connectivity index (χ3n) is 2.64. The van der Waals surface area contributed by atoms with E-state index in [4.69, 9.17) is 0 Å². The summed E-state index contributed by atoms with van der Waals surface area (Å²) in [6.07, 6.45) is 1.67. The molecule has 2 heterocycles. The average molecular weight is 296 g/mol. The Hall–Kier alpha value is -1.36. The molecule has 17 heavy (non-hydrogen) atoms. The van der Waals surface area contributed by atoms with Gasteiger partial charge < -0.3 is 0 Å². The van der Waals surface area contributed by atoms with E-state index in [1.54, 1.807) is 12.3 Å². The van der Waals surface area contributed by atoms with Crippen LogP contribution in [-0.2, 0) is 0 Å². The summed E-state index contributed by atoms with van der Waals surface area (Å²) in [5, 5.41) is 3.06. The van der Waals surface area contributed by atoms with Gasteiger partial charge in [-0.1, -0.05) is 13.8 Å². The molecule has 0 saturated heterocycles. The van der Waals surface area contributed by atoms with Crippen molar-refractivity contribution in [1.29, 1.82) is 0 Å². The maximum atomic E-state index is 12.2. The van der Waals surface area contributed by atoms with E-state index in [1.807, 2.05) is 26.8 Å². The first-order valence-corrected chi connectivity index (χ1v) is 6.23. The minimum atomic E-state index is -0.0210. The second kappa shape index (κ2) is 4.49. The fourth-order valence-corrected chi connectivity index (χ4v) is 2.14. The number of pyridine rings is 1. The van der Waals surface area contributed by atoms with Crippen LogP contribution in [-0.4, -0.2) is 14.8 Å². The number of hydrogen-bond donors (Lipinski definition) is 1. The molecular weight excluding hydrogens is 282 g/mol. The van der Waals surface area contributed by atoms with E-state index in [2.05, 4.69) is 26.0 Å². The summed E-state index contributed by atoms with van der Waals surface area (Å²) in [7, 11) is 0. The smallest absolute Gasteiger partial charge is 0.276 e.